The van der Waals surface area contributed by atoms with Gasteiger partial charge in [-0.15, -0.1) is 0 Å². The second kappa shape index (κ2) is 11.1. The Hall–Kier alpha value is -4.72. The molecule has 0 heterocycles. The standard InChI is InChI=1S/C36H38O8/c37-27-8-4-22(17-31(27)41)21-12-15-35(16-13-21,24-6-10-29(39)33(43)19-24)36(25-7-11-30(40)34(44)20-25)14-2-1-3-26(36)23-5-9-28(38)32(42)18-23/h4-11,17-21,26,37-44H,1-3,12-16H2. The zero-order valence-corrected chi connectivity index (χ0v) is 24.3. The first-order valence-corrected chi connectivity index (χ1v) is 15.1. The van der Waals surface area contributed by atoms with Gasteiger partial charge >= 0.3 is 0 Å². The molecule has 0 amide bonds. The maximum absolute atomic E-state index is 10.8. The topological polar surface area (TPSA) is 162 Å². The monoisotopic (exact) mass is 598 g/mol. The van der Waals surface area contributed by atoms with Crippen LogP contribution in [0.25, 0.3) is 0 Å². The Kier molecular flexibility index (Phi) is 7.40. The van der Waals surface area contributed by atoms with Crippen molar-refractivity contribution in [2.75, 3.05) is 0 Å². The molecule has 0 radical (unpaired) electrons. The number of hydrogen-bond acceptors (Lipinski definition) is 8. The highest BCUT2D eigenvalue weighted by atomic mass is 16.3. The third kappa shape index (κ3) is 4.69. The second-order valence-electron chi connectivity index (χ2n) is 12.5. The van der Waals surface area contributed by atoms with Gasteiger partial charge in [-0.2, -0.15) is 0 Å². The number of hydrogen-bond donors (Lipinski definition) is 8. The molecule has 2 aliphatic rings. The van der Waals surface area contributed by atoms with Crippen molar-refractivity contribution < 1.29 is 40.9 Å². The molecule has 4 aromatic rings. The highest BCUT2D eigenvalue weighted by molar-refractivity contribution is 5.54. The van der Waals surface area contributed by atoms with Crippen LogP contribution in [-0.4, -0.2) is 40.9 Å². The summed E-state index contributed by atoms with van der Waals surface area (Å²) in [4.78, 5) is 0. The smallest absolute Gasteiger partial charge is 0.157 e. The van der Waals surface area contributed by atoms with Gasteiger partial charge in [0.25, 0.3) is 0 Å². The van der Waals surface area contributed by atoms with Crippen molar-refractivity contribution in [3.05, 3.63) is 95.1 Å². The lowest BCUT2D eigenvalue weighted by Crippen LogP contribution is -2.55. The first-order valence-electron chi connectivity index (χ1n) is 15.1. The molecule has 2 fully saturated rings. The molecule has 0 saturated heterocycles. The Morgan fingerprint density at radius 1 is 0.432 bits per heavy atom. The van der Waals surface area contributed by atoms with Crippen LogP contribution in [0.15, 0.2) is 72.8 Å². The number of rotatable bonds is 5. The normalized spacial score (nSPS) is 25.5. The molecule has 2 aliphatic carbocycles. The molecule has 230 valence electrons. The fourth-order valence-electron chi connectivity index (χ4n) is 8.43. The van der Waals surface area contributed by atoms with E-state index in [1.807, 2.05) is 24.3 Å². The average molecular weight is 599 g/mol. The lowest BCUT2D eigenvalue weighted by molar-refractivity contribution is 0.0763. The van der Waals surface area contributed by atoms with E-state index in [9.17, 15) is 40.9 Å². The predicted octanol–water partition coefficient (Wildman–Crippen LogP) is 7.22. The number of aromatic hydroxyl groups is 8. The Labute approximate surface area is 255 Å². The molecule has 8 nitrogen and oxygen atoms in total. The maximum atomic E-state index is 10.8. The number of phenolic OH excluding ortho intramolecular Hbond substituents is 8. The summed E-state index contributed by atoms with van der Waals surface area (Å²) >= 11 is 0. The van der Waals surface area contributed by atoms with Crippen molar-refractivity contribution in [3.63, 3.8) is 0 Å². The van der Waals surface area contributed by atoms with Crippen LogP contribution >= 0.6 is 0 Å². The van der Waals surface area contributed by atoms with Crippen molar-refractivity contribution in [2.45, 2.75) is 74.0 Å². The quantitative estimate of drug-likeness (QED) is 0.112. The molecule has 0 aromatic heterocycles. The summed E-state index contributed by atoms with van der Waals surface area (Å²) in [5.41, 5.74) is 2.06. The van der Waals surface area contributed by atoms with Crippen LogP contribution in [0, 0.1) is 0 Å². The van der Waals surface area contributed by atoms with Crippen LogP contribution in [0.4, 0.5) is 0 Å². The molecule has 0 aliphatic heterocycles. The van der Waals surface area contributed by atoms with Gasteiger partial charge in [-0.3, -0.25) is 0 Å². The van der Waals surface area contributed by atoms with E-state index in [-0.39, 0.29) is 57.8 Å². The summed E-state index contributed by atoms with van der Waals surface area (Å²) < 4.78 is 0. The van der Waals surface area contributed by atoms with Crippen LogP contribution in [0.3, 0.4) is 0 Å². The van der Waals surface area contributed by atoms with Crippen LogP contribution in [0.5, 0.6) is 46.0 Å². The van der Waals surface area contributed by atoms with Crippen molar-refractivity contribution in [1.29, 1.82) is 0 Å². The molecule has 0 spiro atoms. The molecule has 4 aromatic carbocycles. The molecule has 2 atom stereocenters. The lowest BCUT2D eigenvalue weighted by atomic mass is 9.43. The van der Waals surface area contributed by atoms with Crippen LogP contribution in [-0.2, 0) is 10.8 Å². The molecule has 2 saturated carbocycles. The van der Waals surface area contributed by atoms with Gasteiger partial charge in [-0.25, -0.2) is 0 Å². The first-order chi connectivity index (χ1) is 21.1. The van der Waals surface area contributed by atoms with Crippen molar-refractivity contribution in [3.8, 4) is 46.0 Å². The fourth-order valence-corrected chi connectivity index (χ4v) is 8.43. The second-order valence-corrected chi connectivity index (χ2v) is 12.5. The zero-order chi connectivity index (χ0) is 31.2. The number of benzene rings is 4. The summed E-state index contributed by atoms with van der Waals surface area (Å²) in [6.45, 7) is 0. The van der Waals surface area contributed by atoms with Gasteiger partial charge in [-0.1, -0.05) is 37.1 Å². The SMILES string of the molecule is Oc1ccc(C2CCC(c3ccc(O)c(O)c3)(C3(c4ccc(O)c(O)c4)CCCCC3c3ccc(O)c(O)c3)CC2)cc1O. The Morgan fingerprint density at radius 3 is 1.48 bits per heavy atom. The molecule has 8 heteroatoms. The van der Waals surface area contributed by atoms with Gasteiger partial charge in [0.15, 0.2) is 46.0 Å². The Balaban J connectivity index is 1.59. The number of phenols is 8. The molecule has 0 bridgehead atoms. The van der Waals surface area contributed by atoms with E-state index in [1.165, 1.54) is 24.3 Å². The highest BCUT2D eigenvalue weighted by Gasteiger charge is 2.59. The minimum Gasteiger partial charge on any atom is -0.504 e. The average Bonchev–Trinajstić information content (AvgIpc) is 3.02. The van der Waals surface area contributed by atoms with Gasteiger partial charge in [0, 0.05) is 10.8 Å². The fraction of sp³-hybridized carbons (Fsp3) is 0.333. The minimum absolute atomic E-state index is 0.0883. The Bertz CT molecular complexity index is 1690. The van der Waals surface area contributed by atoms with E-state index >= 15 is 0 Å². The first kappa shape index (κ1) is 29.4. The summed E-state index contributed by atoms with van der Waals surface area (Å²) in [6.07, 6.45) is 5.98. The third-order valence-electron chi connectivity index (χ3n) is 10.5. The molecule has 6 rings (SSSR count). The van der Waals surface area contributed by atoms with Gasteiger partial charge in [0.05, 0.1) is 0 Å². The maximum Gasteiger partial charge on any atom is 0.157 e. The summed E-state index contributed by atoms with van der Waals surface area (Å²) in [5, 5.41) is 83.1. The van der Waals surface area contributed by atoms with Gasteiger partial charge in [0.2, 0.25) is 0 Å². The molecule has 8 N–H and O–H groups in total. The van der Waals surface area contributed by atoms with Gasteiger partial charge in [0.1, 0.15) is 0 Å². The van der Waals surface area contributed by atoms with Crippen LogP contribution in [0.1, 0.15) is 85.5 Å². The van der Waals surface area contributed by atoms with Gasteiger partial charge in [-0.05, 0) is 121 Å². The van der Waals surface area contributed by atoms with Crippen molar-refractivity contribution >= 4 is 0 Å². The lowest BCUT2D eigenvalue weighted by Gasteiger charge is -2.60. The van der Waals surface area contributed by atoms with E-state index < -0.39 is 10.8 Å². The zero-order valence-electron chi connectivity index (χ0n) is 24.3. The van der Waals surface area contributed by atoms with E-state index in [2.05, 4.69) is 0 Å². The Morgan fingerprint density at radius 2 is 0.909 bits per heavy atom. The van der Waals surface area contributed by atoms with Crippen molar-refractivity contribution in [1.82, 2.24) is 0 Å². The summed E-state index contributed by atoms with van der Waals surface area (Å²) in [5.74, 6) is -1.80. The predicted molar refractivity (Wildman–Crippen MR) is 165 cm³/mol. The molecular formula is C36H38O8. The summed E-state index contributed by atoms with van der Waals surface area (Å²) in [6, 6.07) is 19.8. The largest absolute Gasteiger partial charge is 0.504 e. The highest BCUT2D eigenvalue weighted by Crippen LogP contribution is 2.66. The van der Waals surface area contributed by atoms with Crippen molar-refractivity contribution in [2.24, 2.45) is 0 Å². The van der Waals surface area contributed by atoms with E-state index in [0.29, 0.717) is 32.1 Å². The molecular weight excluding hydrogens is 560 g/mol. The van der Waals surface area contributed by atoms with Crippen LogP contribution in [0.2, 0.25) is 0 Å². The van der Waals surface area contributed by atoms with E-state index in [1.54, 1.807) is 24.3 Å². The summed E-state index contributed by atoms with van der Waals surface area (Å²) in [7, 11) is 0. The van der Waals surface area contributed by atoms with E-state index in [4.69, 9.17) is 0 Å². The molecule has 44 heavy (non-hydrogen) atoms. The van der Waals surface area contributed by atoms with E-state index in [0.717, 1.165) is 41.5 Å². The third-order valence-corrected chi connectivity index (χ3v) is 10.5. The van der Waals surface area contributed by atoms with Crippen LogP contribution < -0.4 is 0 Å². The molecule has 2 unspecified atom stereocenters. The minimum atomic E-state index is -0.703. The van der Waals surface area contributed by atoms with Gasteiger partial charge < -0.3 is 40.9 Å².